The van der Waals surface area contributed by atoms with Gasteiger partial charge in [0.25, 0.3) is 0 Å². The quantitative estimate of drug-likeness (QED) is 0.580. The molecule has 0 aromatic rings. The van der Waals surface area contributed by atoms with E-state index in [1.165, 1.54) is 12.8 Å². The Morgan fingerprint density at radius 1 is 1.33 bits per heavy atom. The van der Waals surface area contributed by atoms with Crippen molar-refractivity contribution in [3.63, 3.8) is 0 Å². The Kier molecular flexibility index (Phi) is 7.60. The first kappa shape index (κ1) is 18.4. The van der Waals surface area contributed by atoms with Crippen molar-refractivity contribution < 1.29 is 9.53 Å². The van der Waals surface area contributed by atoms with Crippen LogP contribution in [0.1, 0.15) is 58.8 Å². The minimum atomic E-state index is -0.636. The molecule has 5 heteroatoms. The Morgan fingerprint density at radius 2 is 1.90 bits per heavy atom. The van der Waals surface area contributed by atoms with Gasteiger partial charge in [0.1, 0.15) is 0 Å². The SMILES string of the molecule is CCC(C)N(CCOC)C(=O)C1(C(N)=S)CCCCCC1. The van der Waals surface area contributed by atoms with E-state index in [0.717, 1.165) is 32.1 Å². The van der Waals surface area contributed by atoms with E-state index in [4.69, 9.17) is 22.7 Å². The molecule has 1 amide bonds. The van der Waals surface area contributed by atoms with E-state index >= 15 is 0 Å². The molecule has 1 unspecified atom stereocenters. The van der Waals surface area contributed by atoms with Crippen LogP contribution in [0.5, 0.6) is 0 Å². The van der Waals surface area contributed by atoms with Crippen LogP contribution in [0.4, 0.5) is 0 Å². The van der Waals surface area contributed by atoms with Gasteiger partial charge in [0.05, 0.1) is 17.0 Å². The van der Waals surface area contributed by atoms with Crippen LogP contribution in [-0.4, -0.2) is 42.1 Å². The van der Waals surface area contributed by atoms with E-state index in [1.54, 1.807) is 7.11 Å². The summed E-state index contributed by atoms with van der Waals surface area (Å²) in [7, 11) is 1.66. The molecule has 1 aliphatic rings. The molecule has 0 heterocycles. The third-order valence-electron chi connectivity index (χ3n) is 4.76. The third kappa shape index (κ3) is 4.39. The first-order valence-corrected chi connectivity index (χ1v) is 8.50. The maximum atomic E-state index is 13.2. The van der Waals surface area contributed by atoms with Crippen LogP contribution >= 0.6 is 12.2 Å². The van der Waals surface area contributed by atoms with Gasteiger partial charge >= 0.3 is 0 Å². The number of thiocarbonyl (C=S) groups is 1. The summed E-state index contributed by atoms with van der Waals surface area (Å²) in [6, 6.07) is 0.183. The number of hydrogen-bond acceptors (Lipinski definition) is 3. The summed E-state index contributed by atoms with van der Waals surface area (Å²) in [5.74, 6) is 0.114. The first-order chi connectivity index (χ1) is 9.99. The van der Waals surface area contributed by atoms with Crippen LogP contribution in [0.25, 0.3) is 0 Å². The molecule has 1 fully saturated rings. The molecule has 0 saturated heterocycles. The van der Waals surface area contributed by atoms with Crippen LogP contribution in [-0.2, 0) is 9.53 Å². The highest BCUT2D eigenvalue weighted by Crippen LogP contribution is 2.38. The molecule has 0 aromatic heterocycles. The summed E-state index contributed by atoms with van der Waals surface area (Å²) < 4.78 is 5.16. The number of rotatable bonds is 7. The zero-order chi connectivity index (χ0) is 15.9. The molecular formula is C16H30N2O2S. The van der Waals surface area contributed by atoms with Gasteiger partial charge in [-0.25, -0.2) is 0 Å². The third-order valence-corrected chi connectivity index (χ3v) is 5.15. The molecule has 4 nitrogen and oxygen atoms in total. The second-order valence-electron chi connectivity index (χ2n) is 6.11. The molecule has 1 rings (SSSR count). The molecule has 0 spiro atoms. The average Bonchev–Trinajstić information content (AvgIpc) is 2.73. The minimum absolute atomic E-state index is 0.114. The normalized spacial score (nSPS) is 19.6. The van der Waals surface area contributed by atoms with Crippen molar-refractivity contribution in [2.24, 2.45) is 11.1 Å². The van der Waals surface area contributed by atoms with Crippen molar-refractivity contribution in [2.45, 2.75) is 64.8 Å². The van der Waals surface area contributed by atoms with Gasteiger partial charge in [-0.1, -0.05) is 44.8 Å². The van der Waals surface area contributed by atoms with E-state index in [9.17, 15) is 4.79 Å². The Labute approximate surface area is 134 Å². The van der Waals surface area contributed by atoms with Crippen LogP contribution in [0.2, 0.25) is 0 Å². The van der Waals surface area contributed by atoms with Gasteiger partial charge < -0.3 is 15.4 Å². The number of nitrogens with zero attached hydrogens (tertiary/aromatic N) is 1. The smallest absolute Gasteiger partial charge is 0.235 e. The molecular weight excluding hydrogens is 284 g/mol. The zero-order valence-corrected chi connectivity index (χ0v) is 14.5. The van der Waals surface area contributed by atoms with Crippen LogP contribution in [0.3, 0.4) is 0 Å². The number of carbonyl (C=O) groups excluding carboxylic acids is 1. The van der Waals surface area contributed by atoms with E-state index in [0.29, 0.717) is 18.1 Å². The lowest BCUT2D eigenvalue weighted by atomic mass is 9.78. The van der Waals surface area contributed by atoms with Gasteiger partial charge in [0.15, 0.2) is 0 Å². The first-order valence-electron chi connectivity index (χ1n) is 8.09. The monoisotopic (exact) mass is 314 g/mol. The summed E-state index contributed by atoms with van der Waals surface area (Å²) in [5, 5.41) is 0. The molecule has 0 bridgehead atoms. The fourth-order valence-corrected chi connectivity index (χ4v) is 3.40. The second kappa shape index (κ2) is 8.69. The summed E-state index contributed by atoms with van der Waals surface area (Å²) in [5.41, 5.74) is 5.40. The van der Waals surface area contributed by atoms with E-state index in [-0.39, 0.29) is 11.9 Å². The lowest BCUT2D eigenvalue weighted by Gasteiger charge is -2.38. The number of nitrogens with two attached hydrogens (primary N) is 1. The summed E-state index contributed by atoms with van der Waals surface area (Å²) >= 11 is 5.32. The highest BCUT2D eigenvalue weighted by Gasteiger charge is 2.44. The van der Waals surface area contributed by atoms with E-state index in [2.05, 4.69) is 13.8 Å². The predicted octanol–water partition coefficient (Wildman–Crippen LogP) is 2.89. The molecule has 1 aliphatic carbocycles. The highest BCUT2D eigenvalue weighted by atomic mass is 32.1. The Balaban J connectivity index is 3.02. The molecule has 1 saturated carbocycles. The molecule has 0 radical (unpaired) electrons. The van der Waals surface area contributed by atoms with E-state index in [1.807, 2.05) is 4.90 Å². The summed E-state index contributed by atoms with van der Waals surface area (Å²) in [4.78, 5) is 15.5. The van der Waals surface area contributed by atoms with Gasteiger partial charge in [-0.3, -0.25) is 4.79 Å². The van der Waals surface area contributed by atoms with Crippen LogP contribution < -0.4 is 5.73 Å². The van der Waals surface area contributed by atoms with Crippen LogP contribution in [0, 0.1) is 5.41 Å². The summed E-state index contributed by atoms with van der Waals surface area (Å²) in [6.45, 7) is 5.33. The highest BCUT2D eigenvalue weighted by molar-refractivity contribution is 7.80. The van der Waals surface area contributed by atoms with Crippen molar-refractivity contribution >= 4 is 23.1 Å². The minimum Gasteiger partial charge on any atom is -0.392 e. The lowest BCUT2D eigenvalue weighted by molar-refractivity contribution is -0.142. The molecule has 1 atom stereocenters. The Morgan fingerprint density at radius 3 is 2.33 bits per heavy atom. The standard InChI is InChI=1S/C16H30N2O2S/c1-4-13(2)18(11-12-20-3)15(19)16(14(17)21)9-7-5-6-8-10-16/h13H,4-12H2,1-3H3,(H2,17,21). The van der Waals surface area contributed by atoms with Crippen LogP contribution in [0.15, 0.2) is 0 Å². The maximum absolute atomic E-state index is 13.2. The topological polar surface area (TPSA) is 55.6 Å². The number of amides is 1. The van der Waals surface area contributed by atoms with Gasteiger partial charge in [-0.2, -0.15) is 0 Å². The van der Waals surface area contributed by atoms with Crippen molar-refractivity contribution in [1.82, 2.24) is 4.90 Å². The van der Waals surface area contributed by atoms with Gasteiger partial charge in [0, 0.05) is 19.7 Å². The zero-order valence-electron chi connectivity index (χ0n) is 13.7. The van der Waals surface area contributed by atoms with Gasteiger partial charge in [0.2, 0.25) is 5.91 Å². The number of hydrogen-bond donors (Lipinski definition) is 1. The van der Waals surface area contributed by atoms with Crippen molar-refractivity contribution in [3.8, 4) is 0 Å². The largest absolute Gasteiger partial charge is 0.392 e. The lowest BCUT2D eigenvalue weighted by Crippen LogP contribution is -2.53. The maximum Gasteiger partial charge on any atom is 0.235 e. The van der Waals surface area contributed by atoms with Crippen molar-refractivity contribution in [3.05, 3.63) is 0 Å². The van der Waals surface area contributed by atoms with Crippen molar-refractivity contribution in [1.29, 1.82) is 0 Å². The molecule has 0 aliphatic heterocycles. The van der Waals surface area contributed by atoms with E-state index < -0.39 is 5.41 Å². The molecule has 122 valence electrons. The predicted molar refractivity (Wildman–Crippen MR) is 90.3 cm³/mol. The Bertz CT molecular complexity index is 352. The summed E-state index contributed by atoms with van der Waals surface area (Å²) in [6.07, 6.45) is 6.90. The second-order valence-corrected chi connectivity index (χ2v) is 6.55. The number of methoxy groups -OCH3 is 1. The number of ether oxygens (including phenoxy) is 1. The fourth-order valence-electron chi connectivity index (χ4n) is 3.10. The fraction of sp³-hybridized carbons (Fsp3) is 0.875. The molecule has 0 aromatic carbocycles. The average molecular weight is 314 g/mol. The van der Waals surface area contributed by atoms with Gasteiger partial charge in [-0.15, -0.1) is 0 Å². The van der Waals surface area contributed by atoms with Gasteiger partial charge in [-0.05, 0) is 26.2 Å². The molecule has 2 N–H and O–H groups in total. The number of carbonyl (C=O) groups is 1. The van der Waals surface area contributed by atoms with Crippen molar-refractivity contribution in [2.75, 3.05) is 20.3 Å². The molecule has 21 heavy (non-hydrogen) atoms. The Hall–Kier alpha value is -0.680.